The van der Waals surface area contributed by atoms with Crippen LogP contribution in [0.25, 0.3) is 11.4 Å². The number of nitrogens with one attached hydrogen (secondary N) is 1. The predicted molar refractivity (Wildman–Crippen MR) is 108 cm³/mol. The minimum atomic E-state index is -0.123. The van der Waals surface area contributed by atoms with Gasteiger partial charge in [-0.3, -0.25) is 0 Å². The summed E-state index contributed by atoms with van der Waals surface area (Å²) >= 11 is 0. The van der Waals surface area contributed by atoms with Gasteiger partial charge in [0.25, 0.3) is 0 Å². The van der Waals surface area contributed by atoms with Gasteiger partial charge in [-0.1, -0.05) is 17.3 Å². The van der Waals surface area contributed by atoms with E-state index in [9.17, 15) is 0 Å². The first-order chi connectivity index (χ1) is 14.1. The van der Waals surface area contributed by atoms with Gasteiger partial charge in [0.1, 0.15) is 23.4 Å². The summed E-state index contributed by atoms with van der Waals surface area (Å²) in [4.78, 5) is 4.53. The Kier molecular flexibility index (Phi) is 5.40. The van der Waals surface area contributed by atoms with Crippen molar-refractivity contribution in [1.29, 1.82) is 0 Å². The van der Waals surface area contributed by atoms with Gasteiger partial charge in [0.05, 0.1) is 20.3 Å². The number of aromatic nitrogens is 2. The number of methoxy groups -OCH3 is 2. The maximum Gasteiger partial charge on any atom is 0.243 e. The second kappa shape index (κ2) is 8.13. The van der Waals surface area contributed by atoms with Gasteiger partial charge in [-0.05, 0) is 38.1 Å². The molecule has 0 saturated carbocycles. The molecule has 1 aliphatic heterocycles. The fourth-order valence-electron chi connectivity index (χ4n) is 3.47. The van der Waals surface area contributed by atoms with Crippen molar-refractivity contribution in [1.82, 2.24) is 15.5 Å². The maximum absolute atomic E-state index is 6.00. The molecule has 0 radical (unpaired) electrons. The molecule has 7 nitrogen and oxygen atoms in total. The molecular formula is C22H25N3O4. The lowest BCUT2D eigenvalue weighted by Crippen LogP contribution is -2.19. The molecule has 0 fully saturated rings. The molecule has 1 N–H and O–H groups in total. The molecule has 2 heterocycles. The van der Waals surface area contributed by atoms with Crippen LogP contribution in [0.4, 0.5) is 0 Å². The molecule has 7 heteroatoms. The largest absolute Gasteiger partial charge is 0.497 e. The van der Waals surface area contributed by atoms with E-state index in [4.69, 9.17) is 18.7 Å². The van der Waals surface area contributed by atoms with Gasteiger partial charge >= 0.3 is 0 Å². The number of benzene rings is 2. The molecule has 0 aliphatic carbocycles. The molecule has 1 aromatic heterocycles. The van der Waals surface area contributed by atoms with E-state index < -0.39 is 0 Å². The summed E-state index contributed by atoms with van der Waals surface area (Å²) in [6, 6.07) is 11.5. The molecule has 4 rings (SSSR count). The Morgan fingerprint density at radius 3 is 2.79 bits per heavy atom. The monoisotopic (exact) mass is 395 g/mol. The molecule has 3 aromatic rings. The molecular weight excluding hydrogens is 370 g/mol. The van der Waals surface area contributed by atoms with Gasteiger partial charge in [0, 0.05) is 29.7 Å². The number of hydrogen-bond donors (Lipinski definition) is 1. The van der Waals surface area contributed by atoms with E-state index in [0.29, 0.717) is 18.3 Å². The highest BCUT2D eigenvalue weighted by atomic mass is 16.5. The van der Waals surface area contributed by atoms with E-state index in [-0.39, 0.29) is 12.1 Å². The van der Waals surface area contributed by atoms with Crippen LogP contribution in [0.2, 0.25) is 0 Å². The maximum atomic E-state index is 6.00. The smallest absolute Gasteiger partial charge is 0.243 e. The molecule has 2 aromatic carbocycles. The number of nitrogens with zero attached hydrogens (tertiary/aromatic N) is 2. The Morgan fingerprint density at radius 1 is 1.17 bits per heavy atom. The zero-order valence-corrected chi connectivity index (χ0v) is 17.1. The normalized spacial score (nSPS) is 16.2. The molecule has 2 unspecified atom stereocenters. The van der Waals surface area contributed by atoms with Crippen LogP contribution < -0.4 is 19.5 Å². The lowest BCUT2D eigenvalue weighted by molar-refractivity contribution is 0.251. The molecule has 1 aliphatic rings. The quantitative estimate of drug-likeness (QED) is 0.649. The molecule has 0 saturated heterocycles. The minimum absolute atomic E-state index is 0.123. The zero-order chi connectivity index (χ0) is 20.4. The average Bonchev–Trinajstić information content (AvgIpc) is 3.38. The van der Waals surface area contributed by atoms with Crippen molar-refractivity contribution in [2.45, 2.75) is 39.0 Å². The second-order valence-electron chi connectivity index (χ2n) is 7.20. The number of fused-ring (bicyclic) bond motifs is 1. The highest BCUT2D eigenvalue weighted by Crippen LogP contribution is 2.36. The van der Waals surface area contributed by atoms with Crippen LogP contribution in [0.15, 0.2) is 40.9 Å². The van der Waals surface area contributed by atoms with Crippen LogP contribution in [-0.4, -0.2) is 30.5 Å². The first kappa shape index (κ1) is 19.3. The van der Waals surface area contributed by atoms with Crippen LogP contribution >= 0.6 is 0 Å². The zero-order valence-electron chi connectivity index (χ0n) is 17.1. The van der Waals surface area contributed by atoms with Crippen molar-refractivity contribution < 1.29 is 18.7 Å². The SMILES string of the molecule is COc1cccc(-c2noc(C(C)NCc3cc(OC)cc4c3OC(C)C4)n2)c1. The summed E-state index contributed by atoms with van der Waals surface area (Å²) in [6.07, 6.45) is 1.07. The van der Waals surface area contributed by atoms with Gasteiger partial charge in [-0.15, -0.1) is 0 Å². The second-order valence-corrected chi connectivity index (χ2v) is 7.20. The van der Waals surface area contributed by atoms with E-state index in [2.05, 4.69) is 22.4 Å². The van der Waals surface area contributed by atoms with Crippen LogP contribution in [0.3, 0.4) is 0 Å². The van der Waals surface area contributed by atoms with Gasteiger partial charge in [-0.2, -0.15) is 4.98 Å². The third-order valence-corrected chi connectivity index (χ3v) is 5.02. The Morgan fingerprint density at radius 2 is 2.00 bits per heavy atom. The van der Waals surface area contributed by atoms with Gasteiger partial charge in [0.2, 0.25) is 11.7 Å². The van der Waals surface area contributed by atoms with E-state index in [0.717, 1.165) is 34.8 Å². The molecule has 0 bridgehead atoms. The van der Waals surface area contributed by atoms with Gasteiger partial charge in [-0.25, -0.2) is 0 Å². The van der Waals surface area contributed by atoms with Crippen LogP contribution in [0.5, 0.6) is 17.2 Å². The molecule has 0 amide bonds. The Labute approximate surface area is 170 Å². The van der Waals surface area contributed by atoms with Crippen molar-refractivity contribution in [2.75, 3.05) is 14.2 Å². The number of hydrogen-bond acceptors (Lipinski definition) is 7. The predicted octanol–water partition coefficient (Wildman–Crippen LogP) is 3.93. The van der Waals surface area contributed by atoms with Crippen LogP contribution in [0, 0.1) is 0 Å². The summed E-state index contributed by atoms with van der Waals surface area (Å²) in [5.74, 6) is 3.59. The van der Waals surface area contributed by atoms with Crippen molar-refractivity contribution in [3.63, 3.8) is 0 Å². The average molecular weight is 395 g/mol. The van der Waals surface area contributed by atoms with Crippen LogP contribution in [0.1, 0.15) is 36.9 Å². The summed E-state index contributed by atoms with van der Waals surface area (Å²) in [7, 11) is 3.31. The molecule has 2 atom stereocenters. The topological polar surface area (TPSA) is 78.6 Å². The van der Waals surface area contributed by atoms with E-state index in [1.807, 2.05) is 43.3 Å². The summed E-state index contributed by atoms with van der Waals surface area (Å²) in [5.41, 5.74) is 3.09. The fourth-order valence-corrected chi connectivity index (χ4v) is 3.47. The lowest BCUT2D eigenvalue weighted by Gasteiger charge is -2.14. The molecule has 0 spiro atoms. The van der Waals surface area contributed by atoms with E-state index in [1.165, 1.54) is 5.56 Å². The van der Waals surface area contributed by atoms with Crippen molar-refractivity contribution in [3.8, 4) is 28.6 Å². The highest BCUT2D eigenvalue weighted by molar-refractivity contribution is 5.56. The number of rotatable bonds is 7. The third kappa shape index (κ3) is 4.05. The minimum Gasteiger partial charge on any atom is -0.497 e. The summed E-state index contributed by atoms with van der Waals surface area (Å²) in [5, 5.41) is 7.55. The highest BCUT2D eigenvalue weighted by Gasteiger charge is 2.24. The van der Waals surface area contributed by atoms with Crippen molar-refractivity contribution in [2.24, 2.45) is 0 Å². The van der Waals surface area contributed by atoms with Crippen molar-refractivity contribution >= 4 is 0 Å². The molecule has 152 valence electrons. The third-order valence-electron chi connectivity index (χ3n) is 5.02. The Bertz CT molecular complexity index is 1000. The van der Waals surface area contributed by atoms with E-state index in [1.54, 1.807) is 14.2 Å². The fraction of sp³-hybridized carbons (Fsp3) is 0.364. The number of ether oxygens (including phenoxy) is 3. The lowest BCUT2D eigenvalue weighted by atomic mass is 10.1. The first-order valence-corrected chi connectivity index (χ1v) is 9.65. The molecule has 29 heavy (non-hydrogen) atoms. The van der Waals surface area contributed by atoms with Gasteiger partial charge < -0.3 is 24.1 Å². The first-order valence-electron chi connectivity index (χ1n) is 9.65. The Balaban J connectivity index is 1.48. The van der Waals surface area contributed by atoms with Gasteiger partial charge in [0.15, 0.2) is 0 Å². The Hall–Kier alpha value is -3.06. The van der Waals surface area contributed by atoms with E-state index >= 15 is 0 Å². The summed E-state index contributed by atoms with van der Waals surface area (Å²) in [6.45, 7) is 4.67. The standard InChI is InChI=1S/C22H25N3O4/c1-13-8-16-10-19(27-4)11-17(20(16)28-13)12-23-14(2)22-24-21(25-29-22)15-6-5-7-18(9-15)26-3/h5-7,9-11,13-14,23H,8,12H2,1-4H3. The van der Waals surface area contributed by atoms with Crippen molar-refractivity contribution in [3.05, 3.63) is 53.4 Å². The summed E-state index contributed by atoms with van der Waals surface area (Å²) < 4.78 is 22.2. The van der Waals surface area contributed by atoms with Crippen LogP contribution in [-0.2, 0) is 13.0 Å².